The van der Waals surface area contributed by atoms with Crippen LogP contribution in [0.3, 0.4) is 0 Å². The minimum absolute atomic E-state index is 0.291. The molecule has 2 fully saturated rings. The molecule has 1 unspecified atom stereocenters. The average Bonchev–Trinajstić information content (AvgIpc) is 2.60. The van der Waals surface area contributed by atoms with Crippen LogP contribution in [0.2, 0.25) is 0 Å². The van der Waals surface area contributed by atoms with Gasteiger partial charge >= 0.3 is 5.97 Å². The van der Waals surface area contributed by atoms with Gasteiger partial charge in [-0.05, 0) is 26.7 Å². The topological polar surface area (TPSA) is 55.8 Å². The van der Waals surface area contributed by atoms with Crippen LogP contribution in [-0.2, 0) is 14.3 Å². The van der Waals surface area contributed by atoms with Gasteiger partial charge in [-0.3, -0.25) is 4.79 Å². The van der Waals surface area contributed by atoms with Crippen molar-refractivity contribution in [2.24, 2.45) is 5.41 Å². The van der Waals surface area contributed by atoms with Gasteiger partial charge in [-0.2, -0.15) is 0 Å². The third-order valence-corrected chi connectivity index (χ3v) is 3.80. The van der Waals surface area contributed by atoms with Gasteiger partial charge in [0.05, 0.1) is 12.0 Å². The van der Waals surface area contributed by atoms with Gasteiger partial charge in [0.2, 0.25) is 0 Å². The maximum absolute atomic E-state index is 11.5. The molecule has 0 aromatic carbocycles. The normalized spacial score (nSPS) is 32.5. The average molecular weight is 228 g/mol. The largest absolute Gasteiger partial charge is 0.481 e. The Hall–Kier alpha value is -0.610. The molecule has 0 aromatic heterocycles. The molecule has 1 atom stereocenters. The molecule has 0 radical (unpaired) electrons. The molecule has 1 N–H and O–H groups in total. The predicted octanol–water partition coefficient (Wildman–Crippen LogP) is 2.17. The lowest BCUT2D eigenvalue weighted by Crippen LogP contribution is -2.46. The number of ether oxygens (including phenoxy) is 2. The molecule has 0 spiro atoms. The van der Waals surface area contributed by atoms with Crippen molar-refractivity contribution in [2.45, 2.75) is 57.8 Å². The van der Waals surface area contributed by atoms with Crippen LogP contribution in [0.4, 0.5) is 0 Å². The van der Waals surface area contributed by atoms with E-state index < -0.39 is 17.2 Å². The maximum atomic E-state index is 11.5. The van der Waals surface area contributed by atoms with Crippen LogP contribution in [0.15, 0.2) is 0 Å². The zero-order valence-corrected chi connectivity index (χ0v) is 9.99. The first-order valence-corrected chi connectivity index (χ1v) is 6.01. The lowest BCUT2D eigenvalue weighted by atomic mass is 9.70. The van der Waals surface area contributed by atoms with Crippen LogP contribution in [0, 0.1) is 5.41 Å². The molecule has 1 aliphatic heterocycles. The Morgan fingerprint density at radius 1 is 1.25 bits per heavy atom. The molecule has 2 aliphatic rings. The summed E-state index contributed by atoms with van der Waals surface area (Å²) < 4.78 is 11.2. The Kier molecular flexibility index (Phi) is 2.97. The summed E-state index contributed by atoms with van der Waals surface area (Å²) in [6.45, 7) is 4.08. The molecule has 1 saturated carbocycles. The number of carbonyl (C=O) groups is 1. The van der Waals surface area contributed by atoms with E-state index in [1.807, 2.05) is 13.8 Å². The van der Waals surface area contributed by atoms with Gasteiger partial charge in [0.1, 0.15) is 6.10 Å². The van der Waals surface area contributed by atoms with Crippen LogP contribution in [0.1, 0.15) is 46.0 Å². The van der Waals surface area contributed by atoms with E-state index in [4.69, 9.17) is 9.47 Å². The first kappa shape index (κ1) is 11.9. The number of carboxylic acid groups (broad SMARTS) is 1. The molecular formula is C12H20O4. The minimum atomic E-state index is -0.724. The van der Waals surface area contributed by atoms with Crippen LogP contribution < -0.4 is 0 Å². The zero-order valence-electron chi connectivity index (χ0n) is 9.99. The first-order valence-electron chi connectivity index (χ1n) is 6.01. The van der Waals surface area contributed by atoms with Crippen LogP contribution in [0.5, 0.6) is 0 Å². The number of hydrogen-bond donors (Lipinski definition) is 1. The Balaban J connectivity index is 2.17. The summed E-state index contributed by atoms with van der Waals surface area (Å²) in [5, 5.41) is 9.48. The fourth-order valence-electron chi connectivity index (χ4n) is 2.82. The quantitative estimate of drug-likeness (QED) is 0.787. The van der Waals surface area contributed by atoms with Gasteiger partial charge < -0.3 is 14.6 Å². The molecule has 16 heavy (non-hydrogen) atoms. The molecule has 0 bridgehead atoms. The lowest BCUT2D eigenvalue weighted by molar-refractivity contribution is -0.177. The molecule has 0 amide bonds. The van der Waals surface area contributed by atoms with E-state index in [1.54, 1.807) is 0 Å². The fourth-order valence-corrected chi connectivity index (χ4v) is 2.82. The van der Waals surface area contributed by atoms with Crippen molar-refractivity contribution >= 4 is 5.97 Å². The van der Waals surface area contributed by atoms with Crippen LogP contribution in [-0.4, -0.2) is 29.6 Å². The third-order valence-electron chi connectivity index (χ3n) is 3.80. The smallest absolute Gasteiger partial charge is 0.312 e. The van der Waals surface area contributed by atoms with Gasteiger partial charge in [-0.1, -0.05) is 19.3 Å². The summed E-state index contributed by atoms with van der Waals surface area (Å²) in [5.41, 5.74) is -0.716. The molecule has 2 rings (SSSR count). The third kappa shape index (κ3) is 1.96. The Morgan fingerprint density at radius 2 is 1.88 bits per heavy atom. The van der Waals surface area contributed by atoms with Crippen molar-refractivity contribution in [1.82, 2.24) is 0 Å². The van der Waals surface area contributed by atoms with Gasteiger partial charge in [0, 0.05) is 0 Å². The number of carboxylic acids is 1. The number of aliphatic carboxylic acids is 1. The summed E-state index contributed by atoms with van der Waals surface area (Å²) in [5.74, 6) is -1.36. The molecule has 4 nitrogen and oxygen atoms in total. The van der Waals surface area contributed by atoms with Crippen LogP contribution in [0.25, 0.3) is 0 Å². The Morgan fingerprint density at radius 3 is 2.31 bits per heavy atom. The second-order valence-electron chi connectivity index (χ2n) is 5.34. The lowest BCUT2D eigenvalue weighted by Gasteiger charge is -2.37. The molecule has 1 aliphatic carbocycles. The summed E-state index contributed by atoms with van der Waals surface area (Å²) in [6.07, 6.45) is 4.23. The summed E-state index contributed by atoms with van der Waals surface area (Å²) in [6, 6.07) is 0. The van der Waals surface area contributed by atoms with Crippen molar-refractivity contribution in [2.75, 3.05) is 6.61 Å². The Labute approximate surface area is 95.9 Å². The SMILES string of the molecule is CC1(C)OCC(C2(C(=O)O)CCCCC2)O1. The van der Waals surface area contributed by atoms with Crippen molar-refractivity contribution in [3.05, 3.63) is 0 Å². The van der Waals surface area contributed by atoms with E-state index in [-0.39, 0.29) is 6.10 Å². The first-order chi connectivity index (χ1) is 7.46. The van der Waals surface area contributed by atoms with E-state index >= 15 is 0 Å². The van der Waals surface area contributed by atoms with E-state index in [0.29, 0.717) is 19.4 Å². The highest BCUT2D eigenvalue weighted by atomic mass is 16.7. The molecule has 4 heteroatoms. The number of hydrogen-bond acceptors (Lipinski definition) is 3. The van der Waals surface area contributed by atoms with Crippen molar-refractivity contribution < 1.29 is 19.4 Å². The molecular weight excluding hydrogens is 208 g/mol. The second kappa shape index (κ2) is 4.00. The van der Waals surface area contributed by atoms with E-state index in [2.05, 4.69) is 0 Å². The highest BCUT2D eigenvalue weighted by molar-refractivity contribution is 5.75. The predicted molar refractivity (Wildman–Crippen MR) is 58.1 cm³/mol. The van der Waals surface area contributed by atoms with Gasteiger partial charge in [0.25, 0.3) is 0 Å². The standard InChI is InChI=1S/C12H20O4/c1-11(2)15-8-9(16-11)12(10(13)14)6-4-3-5-7-12/h9H,3-8H2,1-2H3,(H,13,14). The Bertz CT molecular complexity index is 279. The van der Waals surface area contributed by atoms with Crippen molar-refractivity contribution in [3.8, 4) is 0 Å². The van der Waals surface area contributed by atoms with E-state index in [0.717, 1.165) is 19.3 Å². The zero-order chi connectivity index (χ0) is 11.8. The highest BCUT2D eigenvalue weighted by Crippen LogP contribution is 2.44. The molecule has 1 heterocycles. The number of rotatable bonds is 2. The molecule has 92 valence electrons. The molecule has 0 aromatic rings. The monoisotopic (exact) mass is 228 g/mol. The van der Waals surface area contributed by atoms with E-state index in [1.165, 1.54) is 0 Å². The van der Waals surface area contributed by atoms with Crippen molar-refractivity contribution in [3.63, 3.8) is 0 Å². The molecule has 1 saturated heterocycles. The van der Waals surface area contributed by atoms with Gasteiger partial charge in [0.15, 0.2) is 5.79 Å². The summed E-state index contributed by atoms with van der Waals surface area (Å²) in [4.78, 5) is 11.5. The second-order valence-corrected chi connectivity index (χ2v) is 5.34. The minimum Gasteiger partial charge on any atom is -0.481 e. The van der Waals surface area contributed by atoms with E-state index in [9.17, 15) is 9.90 Å². The van der Waals surface area contributed by atoms with Crippen molar-refractivity contribution in [1.29, 1.82) is 0 Å². The van der Waals surface area contributed by atoms with Crippen LogP contribution >= 0.6 is 0 Å². The van der Waals surface area contributed by atoms with Gasteiger partial charge in [-0.25, -0.2) is 0 Å². The summed E-state index contributed by atoms with van der Waals surface area (Å²) in [7, 11) is 0. The summed E-state index contributed by atoms with van der Waals surface area (Å²) >= 11 is 0. The van der Waals surface area contributed by atoms with Gasteiger partial charge in [-0.15, -0.1) is 0 Å². The maximum Gasteiger partial charge on any atom is 0.312 e. The fraction of sp³-hybridized carbons (Fsp3) is 0.917. The highest BCUT2D eigenvalue weighted by Gasteiger charge is 2.52.